The summed E-state index contributed by atoms with van der Waals surface area (Å²) >= 11 is 0. The maximum Gasteiger partial charge on any atom is 0.347 e. The van der Waals surface area contributed by atoms with E-state index in [-0.39, 0.29) is 0 Å². The molecule has 0 unspecified atom stereocenters. The molecule has 0 aromatic heterocycles. The number of carbonyl (C=O) groups is 1. The lowest BCUT2D eigenvalue weighted by Crippen LogP contribution is -2.37. The van der Waals surface area contributed by atoms with Gasteiger partial charge in [0.05, 0.1) is 6.61 Å². The largest absolute Gasteiger partial charge is 0.494 e. The summed E-state index contributed by atoms with van der Waals surface area (Å²) < 4.78 is 11.4. The highest BCUT2D eigenvalue weighted by Gasteiger charge is 2.29. The third kappa shape index (κ3) is 7.03. The smallest absolute Gasteiger partial charge is 0.347 e. The van der Waals surface area contributed by atoms with Gasteiger partial charge in [0.1, 0.15) is 11.5 Å². The van der Waals surface area contributed by atoms with Gasteiger partial charge in [-0.15, -0.1) is 0 Å². The second kappa shape index (κ2) is 10.5. The van der Waals surface area contributed by atoms with Crippen LogP contribution in [0.4, 0.5) is 0 Å². The molecule has 0 bridgehead atoms. The number of carboxylic acids is 1. The van der Waals surface area contributed by atoms with Crippen LogP contribution in [0, 0.1) is 0 Å². The van der Waals surface area contributed by atoms with Gasteiger partial charge in [0.15, 0.2) is 5.60 Å². The number of aliphatic carboxylic acids is 1. The third-order valence-corrected chi connectivity index (χ3v) is 4.84. The van der Waals surface area contributed by atoms with Gasteiger partial charge < -0.3 is 14.6 Å². The lowest BCUT2D eigenvalue weighted by molar-refractivity contribution is -0.152. The third-order valence-electron chi connectivity index (χ3n) is 4.84. The fourth-order valence-corrected chi connectivity index (χ4v) is 2.96. The molecule has 0 saturated heterocycles. The highest BCUT2D eigenvalue weighted by molar-refractivity contribution is 5.76. The van der Waals surface area contributed by atoms with Crippen molar-refractivity contribution < 1.29 is 19.4 Å². The van der Waals surface area contributed by atoms with Gasteiger partial charge >= 0.3 is 5.97 Å². The normalized spacial score (nSPS) is 11.4. The summed E-state index contributed by atoms with van der Waals surface area (Å²) in [5.74, 6) is 0.416. The average Bonchev–Trinajstić information content (AvgIpc) is 2.77. The van der Waals surface area contributed by atoms with E-state index in [2.05, 4.69) is 24.3 Å². The Bertz CT molecular complexity index is 988. The van der Waals surface area contributed by atoms with Crippen LogP contribution in [0.25, 0.3) is 12.2 Å². The number of carboxylic acid groups (broad SMARTS) is 1. The van der Waals surface area contributed by atoms with Gasteiger partial charge in [-0.2, -0.15) is 0 Å². The molecular formula is C27H28O4. The van der Waals surface area contributed by atoms with Crippen LogP contribution in [0.3, 0.4) is 0 Å². The monoisotopic (exact) mass is 416 g/mol. The van der Waals surface area contributed by atoms with Crippen molar-refractivity contribution >= 4 is 18.1 Å². The first kappa shape index (κ1) is 22.2. The summed E-state index contributed by atoms with van der Waals surface area (Å²) in [6.07, 6.45) is 5.94. The number of aryl methyl sites for hydroxylation is 1. The summed E-state index contributed by atoms with van der Waals surface area (Å²) in [6.45, 7) is 3.70. The van der Waals surface area contributed by atoms with E-state index in [9.17, 15) is 4.79 Å². The first-order valence-electron chi connectivity index (χ1n) is 10.4. The molecule has 4 heteroatoms. The molecule has 0 radical (unpaired) electrons. The first-order chi connectivity index (χ1) is 14.9. The zero-order chi connectivity index (χ0) is 22.1. The quantitative estimate of drug-likeness (QED) is 0.320. The standard InChI is InChI=1S/C27H28O4/c1-27(2,26(28)29)31-25-18-14-22(15-19-25)9-6-20-30-24-16-12-23(13-17-24)11-10-21-7-4-3-5-8-21/h3-5,7-8,10-19H,6,9,20H2,1-2H3,(H,28,29)/b11-10+. The topological polar surface area (TPSA) is 55.8 Å². The van der Waals surface area contributed by atoms with Crippen molar-refractivity contribution in [3.63, 3.8) is 0 Å². The Labute approximate surface area is 183 Å². The van der Waals surface area contributed by atoms with Crippen molar-refractivity contribution in [1.82, 2.24) is 0 Å². The summed E-state index contributed by atoms with van der Waals surface area (Å²) in [7, 11) is 0. The second-order valence-corrected chi connectivity index (χ2v) is 7.83. The molecule has 1 N–H and O–H groups in total. The van der Waals surface area contributed by atoms with Crippen LogP contribution in [0.1, 0.15) is 37.0 Å². The van der Waals surface area contributed by atoms with Gasteiger partial charge in [-0.05, 0) is 67.6 Å². The van der Waals surface area contributed by atoms with E-state index in [1.165, 1.54) is 19.4 Å². The van der Waals surface area contributed by atoms with E-state index in [0.29, 0.717) is 12.4 Å². The molecule has 0 aliphatic heterocycles. The molecule has 4 nitrogen and oxygen atoms in total. The molecule has 0 aliphatic carbocycles. The van der Waals surface area contributed by atoms with Gasteiger partial charge in [-0.1, -0.05) is 66.7 Å². The summed E-state index contributed by atoms with van der Waals surface area (Å²) in [6, 6.07) is 25.8. The zero-order valence-corrected chi connectivity index (χ0v) is 18.0. The van der Waals surface area contributed by atoms with E-state index in [1.54, 1.807) is 0 Å². The first-order valence-corrected chi connectivity index (χ1v) is 10.4. The Balaban J connectivity index is 1.41. The van der Waals surface area contributed by atoms with E-state index in [0.717, 1.165) is 29.7 Å². The predicted molar refractivity (Wildman–Crippen MR) is 124 cm³/mol. The van der Waals surface area contributed by atoms with E-state index in [4.69, 9.17) is 14.6 Å². The van der Waals surface area contributed by atoms with Gasteiger partial charge in [-0.3, -0.25) is 0 Å². The SMILES string of the molecule is CC(C)(Oc1ccc(CCCOc2ccc(/C=C/c3ccccc3)cc2)cc1)C(=O)O. The number of hydrogen-bond donors (Lipinski definition) is 1. The van der Waals surface area contributed by atoms with Crippen molar-refractivity contribution in [3.05, 3.63) is 95.6 Å². The fraction of sp³-hybridized carbons (Fsp3) is 0.222. The Morgan fingerprint density at radius 3 is 2.03 bits per heavy atom. The number of ether oxygens (including phenoxy) is 2. The van der Waals surface area contributed by atoms with Gasteiger partial charge in [0, 0.05) is 0 Å². The van der Waals surface area contributed by atoms with Gasteiger partial charge in [0.25, 0.3) is 0 Å². The maximum absolute atomic E-state index is 11.2. The Hall–Kier alpha value is -3.53. The maximum atomic E-state index is 11.2. The van der Waals surface area contributed by atoms with Crippen molar-refractivity contribution in [2.45, 2.75) is 32.3 Å². The Morgan fingerprint density at radius 1 is 0.839 bits per heavy atom. The molecular weight excluding hydrogens is 388 g/mol. The minimum atomic E-state index is -1.25. The lowest BCUT2D eigenvalue weighted by Gasteiger charge is -2.21. The Morgan fingerprint density at radius 2 is 1.42 bits per heavy atom. The summed E-state index contributed by atoms with van der Waals surface area (Å²) in [4.78, 5) is 11.2. The van der Waals surface area contributed by atoms with Crippen LogP contribution in [-0.2, 0) is 11.2 Å². The molecule has 31 heavy (non-hydrogen) atoms. The molecule has 0 aliphatic rings. The molecule has 3 rings (SSSR count). The highest BCUT2D eigenvalue weighted by Crippen LogP contribution is 2.20. The van der Waals surface area contributed by atoms with Crippen LogP contribution < -0.4 is 9.47 Å². The van der Waals surface area contributed by atoms with Gasteiger partial charge in [-0.25, -0.2) is 4.79 Å². The van der Waals surface area contributed by atoms with Crippen molar-refractivity contribution in [3.8, 4) is 11.5 Å². The van der Waals surface area contributed by atoms with Crippen molar-refractivity contribution in [2.24, 2.45) is 0 Å². The zero-order valence-electron chi connectivity index (χ0n) is 18.0. The summed E-state index contributed by atoms with van der Waals surface area (Å²) in [5, 5.41) is 9.14. The number of rotatable bonds is 10. The molecule has 0 fully saturated rings. The second-order valence-electron chi connectivity index (χ2n) is 7.83. The van der Waals surface area contributed by atoms with Crippen LogP contribution in [-0.4, -0.2) is 23.3 Å². The molecule has 0 heterocycles. The van der Waals surface area contributed by atoms with Crippen molar-refractivity contribution in [2.75, 3.05) is 6.61 Å². The van der Waals surface area contributed by atoms with Crippen LogP contribution in [0.15, 0.2) is 78.9 Å². The Kier molecular flexibility index (Phi) is 7.50. The average molecular weight is 417 g/mol. The fourth-order valence-electron chi connectivity index (χ4n) is 2.96. The van der Waals surface area contributed by atoms with E-state index < -0.39 is 11.6 Å². The molecule has 160 valence electrons. The predicted octanol–water partition coefficient (Wildman–Crippen LogP) is 6.11. The molecule has 3 aromatic rings. The minimum Gasteiger partial charge on any atom is -0.494 e. The van der Waals surface area contributed by atoms with Gasteiger partial charge in [0.2, 0.25) is 0 Å². The number of hydrogen-bond acceptors (Lipinski definition) is 3. The molecule has 3 aromatic carbocycles. The van der Waals surface area contributed by atoms with E-state index >= 15 is 0 Å². The van der Waals surface area contributed by atoms with E-state index in [1.807, 2.05) is 66.7 Å². The molecule has 0 spiro atoms. The van der Waals surface area contributed by atoms with Crippen molar-refractivity contribution in [1.29, 1.82) is 0 Å². The molecule has 0 atom stereocenters. The van der Waals surface area contributed by atoms with Crippen LogP contribution >= 0.6 is 0 Å². The minimum absolute atomic E-state index is 0.550. The lowest BCUT2D eigenvalue weighted by atomic mass is 10.1. The highest BCUT2D eigenvalue weighted by atomic mass is 16.5. The molecule has 0 saturated carbocycles. The summed E-state index contributed by atoms with van der Waals surface area (Å²) in [5.41, 5.74) is 2.21. The number of benzene rings is 3. The van der Waals surface area contributed by atoms with Crippen LogP contribution in [0.5, 0.6) is 11.5 Å². The van der Waals surface area contributed by atoms with Crippen LogP contribution in [0.2, 0.25) is 0 Å². The molecule has 0 amide bonds.